The van der Waals surface area contributed by atoms with Crippen molar-refractivity contribution < 1.29 is 28.1 Å². The van der Waals surface area contributed by atoms with E-state index in [-0.39, 0.29) is 29.7 Å². The van der Waals surface area contributed by atoms with E-state index in [4.69, 9.17) is 9.47 Å². The van der Waals surface area contributed by atoms with Gasteiger partial charge in [0.15, 0.2) is 33.0 Å². The minimum atomic E-state index is -3.66. The second-order valence-electron chi connectivity index (χ2n) is 11.1. The van der Waals surface area contributed by atoms with Crippen molar-refractivity contribution in [3.8, 4) is 0 Å². The maximum Gasteiger partial charge on any atom is 0.168 e. The first-order valence-corrected chi connectivity index (χ1v) is 16.5. The van der Waals surface area contributed by atoms with Gasteiger partial charge in [-0.15, -0.1) is 0 Å². The van der Waals surface area contributed by atoms with Crippen LogP contribution in [-0.2, 0) is 30.8 Å². The highest BCUT2D eigenvalue weighted by Crippen LogP contribution is 2.33. The van der Waals surface area contributed by atoms with Gasteiger partial charge in [0.25, 0.3) is 0 Å². The Labute approximate surface area is 261 Å². The third-order valence-electron chi connectivity index (χ3n) is 7.87. The summed E-state index contributed by atoms with van der Waals surface area (Å²) in [6, 6.07) is 29.1. The second-order valence-corrected chi connectivity index (χ2v) is 13.2. The molecule has 12 heteroatoms. The van der Waals surface area contributed by atoms with Crippen LogP contribution in [0.4, 0.5) is 5.82 Å². The van der Waals surface area contributed by atoms with Gasteiger partial charge < -0.3 is 25.0 Å². The van der Waals surface area contributed by atoms with Crippen LogP contribution in [0, 0.1) is 0 Å². The lowest BCUT2D eigenvalue weighted by Gasteiger charge is -2.20. The normalized spacial score (nSPS) is 20.2. The van der Waals surface area contributed by atoms with Crippen molar-refractivity contribution >= 4 is 26.8 Å². The Morgan fingerprint density at radius 2 is 1.51 bits per heavy atom. The first-order chi connectivity index (χ1) is 21.8. The lowest BCUT2D eigenvalue weighted by Crippen LogP contribution is -2.33. The van der Waals surface area contributed by atoms with E-state index in [9.17, 15) is 18.6 Å². The number of aromatic nitrogens is 4. The molecule has 0 saturated carbocycles. The van der Waals surface area contributed by atoms with Gasteiger partial charge in [-0.2, -0.15) is 0 Å². The number of fused-ring (bicyclic) bond motifs is 1. The van der Waals surface area contributed by atoms with Crippen LogP contribution in [0.15, 0.2) is 97.3 Å². The Kier molecular flexibility index (Phi) is 9.19. The minimum Gasteiger partial charge on any atom is -0.387 e. The third-order valence-corrected chi connectivity index (χ3v) is 9.34. The van der Waals surface area contributed by atoms with E-state index in [1.165, 1.54) is 18.0 Å². The first-order valence-electron chi connectivity index (χ1n) is 14.6. The lowest BCUT2D eigenvalue weighted by atomic mass is 9.91. The standard InChI is InChI=1S/C33H35N5O6S/c1-43-18-26-29(39)30(40)33(44-26)38-21-35-28-31(34-17-25(23-13-7-3-8-14-23)24-15-9-4-10-16-24)36-27(37-32(28)38)20-45(41,42)19-22-11-5-2-6-12-22/h2-16,21,25-26,29-30,33,39-40H,17-20H2,1H3,(H,34,36,37)/t26-,29-,30-,33-/m1/s1. The highest BCUT2D eigenvalue weighted by molar-refractivity contribution is 7.89. The van der Waals surface area contributed by atoms with Crippen molar-refractivity contribution in [3.63, 3.8) is 0 Å². The maximum absolute atomic E-state index is 13.3. The maximum atomic E-state index is 13.3. The van der Waals surface area contributed by atoms with Gasteiger partial charge in [0, 0.05) is 19.6 Å². The Morgan fingerprint density at radius 3 is 2.13 bits per heavy atom. The number of rotatable bonds is 12. The SMILES string of the molecule is COC[C@H]1O[C@@H](n2cnc3c(NCC(c4ccccc4)c4ccccc4)nc(CS(=O)(=O)Cc4ccccc4)nc32)[C@H](O)[C@@H]1O. The lowest BCUT2D eigenvalue weighted by molar-refractivity contribution is -0.0580. The van der Waals surface area contributed by atoms with E-state index in [0.717, 1.165) is 11.1 Å². The summed E-state index contributed by atoms with van der Waals surface area (Å²) in [6.07, 6.45) is -2.83. The van der Waals surface area contributed by atoms with E-state index < -0.39 is 40.1 Å². The van der Waals surface area contributed by atoms with Crippen LogP contribution in [0.2, 0.25) is 0 Å². The summed E-state index contributed by atoms with van der Waals surface area (Å²) >= 11 is 0. The summed E-state index contributed by atoms with van der Waals surface area (Å²) in [5.74, 6) is -0.213. The fraction of sp³-hybridized carbons (Fsp3) is 0.303. The van der Waals surface area contributed by atoms with Crippen LogP contribution < -0.4 is 5.32 Å². The number of nitrogens with zero attached hydrogens (tertiary/aromatic N) is 4. The summed E-state index contributed by atoms with van der Waals surface area (Å²) in [6.45, 7) is 0.507. The molecule has 1 saturated heterocycles. The molecule has 1 fully saturated rings. The van der Waals surface area contributed by atoms with Crippen molar-refractivity contribution in [2.45, 2.75) is 42.0 Å². The number of hydrogen-bond acceptors (Lipinski definition) is 10. The van der Waals surface area contributed by atoms with Gasteiger partial charge in [-0.05, 0) is 16.7 Å². The molecule has 3 heterocycles. The number of aliphatic hydroxyl groups excluding tert-OH is 2. The number of ether oxygens (including phenoxy) is 2. The average Bonchev–Trinajstić information content (AvgIpc) is 3.58. The number of hydrogen-bond donors (Lipinski definition) is 3. The molecule has 234 valence electrons. The van der Waals surface area contributed by atoms with Crippen molar-refractivity contribution in [2.75, 3.05) is 25.6 Å². The van der Waals surface area contributed by atoms with E-state index in [0.29, 0.717) is 23.4 Å². The molecule has 0 amide bonds. The van der Waals surface area contributed by atoms with Crippen LogP contribution in [0.3, 0.4) is 0 Å². The monoisotopic (exact) mass is 629 g/mol. The van der Waals surface area contributed by atoms with Crippen LogP contribution >= 0.6 is 0 Å². The van der Waals surface area contributed by atoms with Crippen LogP contribution in [0.5, 0.6) is 0 Å². The molecule has 0 unspecified atom stereocenters. The van der Waals surface area contributed by atoms with Gasteiger partial charge >= 0.3 is 0 Å². The smallest absolute Gasteiger partial charge is 0.168 e. The number of anilines is 1. The van der Waals surface area contributed by atoms with E-state index in [2.05, 4.69) is 44.5 Å². The molecule has 1 aliphatic rings. The van der Waals surface area contributed by atoms with Gasteiger partial charge in [-0.1, -0.05) is 91.0 Å². The van der Waals surface area contributed by atoms with Gasteiger partial charge in [0.05, 0.1) is 18.7 Å². The van der Waals surface area contributed by atoms with Gasteiger partial charge in [0.1, 0.15) is 29.9 Å². The van der Waals surface area contributed by atoms with Gasteiger partial charge in [0.2, 0.25) is 0 Å². The molecule has 0 aliphatic carbocycles. The number of methoxy groups -OCH3 is 1. The summed E-state index contributed by atoms with van der Waals surface area (Å²) in [5.41, 5.74) is 3.50. The molecule has 3 aromatic carbocycles. The Hall–Kier alpha value is -4.20. The van der Waals surface area contributed by atoms with Crippen molar-refractivity contribution in [2.24, 2.45) is 0 Å². The summed E-state index contributed by atoms with van der Waals surface area (Å²) in [5, 5.41) is 24.9. The highest BCUT2D eigenvalue weighted by atomic mass is 32.2. The minimum absolute atomic E-state index is 0.0466. The zero-order valence-corrected chi connectivity index (χ0v) is 25.5. The summed E-state index contributed by atoms with van der Waals surface area (Å²) in [4.78, 5) is 13.8. The van der Waals surface area contributed by atoms with Gasteiger partial charge in [-0.3, -0.25) is 4.57 Å². The highest BCUT2D eigenvalue weighted by Gasteiger charge is 2.44. The quantitative estimate of drug-likeness (QED) is 0.187. The fourth-order valence-corrected chi connectivity index (χ4v) is 6.99. The van der Waals surface area contributed by atoms with Crippen molar-refractivity contribution in [1.29, 1.82) is 0 Å². The molecule has 11 nitrogen and oxygen atoms in total. The van der Waals surface area contributed by atoms with Crippen LogP contribution in [0.1, 0.15) is 34.7 Å². The Balaban J connectivity index is 1.37. The Bertz CT molecular complexity index is 1780. The summed E-state index contributed by atoms with van der Waals surface area (Å²) < 4.78 is 39.2. The Morgan fingerprint density at radius 1 is 0.889 bits per heavy atom. The number of imidazole rings is 1. The molecule has 0 radical (unpaired) electrons. The molecule has 5 aromatic rings. The van der Waals surface area contributed by atoms with E-state index in [1.54, 1.807) is 24.3 Å². The zero-order chi connectivity index (χ0) is 31.4. The number of aliphatic hydroxyl groups is 2. The molecular weight excluding hydrogens is 594 g/mol. The number of benzene rings is 3. The van der Waals surface area contributed by atoms with Gasteiger partial charge in [-0.25, -0.2) is 23.4 Å². The molecule has 4 atom stereocenters. The molecular formula is C33H35N5O6S. The number of sulfone groups is 1. The molecule has 3 N–H and O–H groups in total. The van der Waals surface area contributed by atoms with Crippen LogP contribution in [-0.4, -0.2) is 76.7 Å². The summed E-state index contributed by atoms with van der Waals surface area (Å²) in [7, 11) is -2.18. The topological polar surface area (TPSA) is 149 Å². The van der Waals surface area contributed by atoms with E-state index >= 15 is 0 Å². The average molecular weight is 630 g/mol. The van der Waals surface area contributed by atoms with Crippen LogP contribution in [0.25, 0.3) is 11.2 Å². The third kappa shape index (κ3) is 6.90. The number of nitrogens with one attached hydrogen (secondary N) is 1. The fourth-order valence-electron chi connectivity index (χ4n) is 5.67. The molecule has 2 aromatic heterocycles. The molecule has 0 bridgehead atoms. The predicted octanol–water partition coefficient (Wildman–Crippen LogP) is 3.45. The molecule has 45 heavy (non-hydrogen) atoms. The predicted molar refractivity (Wildman–Crippen MR) is 169 cm³/mol. The first kappa shape index (κ1) is 30.8. The second kappa shape index (κ2) is 13.4. The van der Waals surface area contributed by atoms with Crippen molar-refractivity contribution in [3.05, 3.63) is 120 Å². The molecule has 1 aliphatic heterocycles. The largest absolute Gasteiger partial charge is 0.387 e. The molecule has 0 spiro atoms. The van der Waals surface area contributed by atoms with E-state index in [1.807, 2.05) is 42.5 Å². The zero-order valence-electron chi connectivity index (χ0n) is 24.7. The van der Waals surface area contributed by atoms with Crippen molar-refractivity contribution in [1.82, 2.24) is 19.5 Å². The molecule has 6 rings (SSSR count).